The maximum absolute atomic E-state index is 11.4. The van der Waals surface area contributed by atoms with Crippen molar-refractivity contribution in [3.63, 3.8) is 0 Å². The van der Waals surface area contributed by atoms with Crippen LogP contribution in [0.25, 0.3) is 0 Å². The monoisotopic (exact) mass is 224 g/mol. The number of thioether (sulfide) groups is 1. The van der Waals surface area contributed by atoms with Gasteiger partial charge in [0, 0.05) is 12.2 Å². The van der Waals surface area contributed by atoms with Crippen molar-refractivity contribution in [2.75, 3.05) is 5.75 Å². The third-order valence-electron chi connectivity index (χ3n) is 2.01. The molecule has 0 saturated heterocycles. The van der Waals surface area contributed by atoms with Gasteiger partial charge in [0.15, 0.2) is 0 Å². The molecule has 1 N–H and O–H groups in total. The zero-order valence-electron chi connectivity index (χ0n) is 9.06. The molecule has 0 aliphatic carbocycles. The molecular formula is C11H16N2OS. The Balaban J connectivity index is 2.29. The van der Waals surface area contributed by atoms with Crippen LogP contribution in [0.15, 0.2) is 29.4 Å². The van der Waals surface area contributed by atoms with Crippen LogP contribution in [0.4, 0.5) is 0 Å². The molecule has 82 valence electrons. The molecule has 1 aromatic rings. The van der Waals surface area contributed by atoms with Crippen molar-refractivity contribution in [3.8, 4) is 0 Å². The fourth-order valence-corrected chi connectivity index (χ4v) is 1.66. The number of rotatable bonds is 5. The first-order chi connectivity index (χ1) is 7.22. The number of carbonyl (C=O) groups is 1. The number of hydrogen-bond donors (Lipinski definition) is 1. The third-order valence-corrected chi connectivity index (χ3v) is 2.95. The van der Waals surface area contributed by atoms with E-state index in [4.69, 9.17) is 0 Å². The van der Waals surface area contributed by atoms with Crippen molar-refractivity contribution >= 4 is 17.7 Å². The highest BCUT2D eigenvalue weighted by atomic mass is 32.2. The molecule has 0 fully saturated rings. The van der Waals surface area contributed by atoms with E-state index < -0.39 is 0 Å². The van der Waals surface area contributed by atoms with Gasteiger partial charge in [-0.05, 0) is 25.5 Å². The topological polar surface area (TPSA) is 42.0 Å². The normalized spacial score (nSPS) is 12.1. The average molecular weight is 224 g/mol. The smallest absolute Gasteiger partial charge is 0.230 e. The third kappa shape index (κ3) is 4.83. The van der Waals surface area contributed by atoms with Crippen molar-refractivity contribution in [1.82, 2.24) is 10.3 Å². The lowest BCUT2D eigenvalue weighted by atomic mass is 10.3. The fraction of sp³-hybridized carbons (Fsp3) is 0.455. The van der Waals surface area contributed by atoms with Gasteiger partial charge >= 0.3 is 0 Å². The Bertz CT molecular complexity index is 303. The minimum Gasteiger partial charge on any atom is -0.353 e. The molecule has 0 radical (unpaired) electrons. The summed E-state index contributed by atoms with van der Waals surface area (Å²) in [5, 5.41) is 3.80. The molecule has 1 aromatic heterocycles. The minimum atomic E-state index is 0.0694. The molecule has 1 heterocycles. The maximum Gasteiger partial charge on any atom is 0.230 e. The van der Waals surface area contributed by atoms with Crippen LogP contribution in [-0.4, -0.2) is 22.7 Å². The second kappa shape index (κ2) is 6.45. The van der Waals surface area contributed by atoms with Crippen molar-refractivity contribution < 1.29 is 4.79 Å². The Labute approximate surface area is 94.7 Å². The molecule has 3 nitrogen and oxygen atoms in total. The molecule has 1 amide bonds. The predicted molar refractivity (Wildman–Crippen MR) is 62.9 cm³/mol. The first-order valence-electron chi connectivity index (χ1n) is 5.05. The van der Waals surface area contributed by atoms with E-state index in [1.54, 1.807) is 6.20 Å². The highest BCUT2D eigenvalue weighted by Gasteiger charge is 2.05. The number of nitrogens with zero attached hydrogens (tertiary/aromatic N) is 1. The van der Waals surface area contributed by atoms with Gasteiger partial charge in [-0.3, -0.25) is 4.79 Å². The highest BCUT2D eigenvalue weighted by Crippen LogP contribution is 2.13. The van der Waals surface area contributed by atoms with Gasteiger partial charge in [-0.2, -0.15) is 0 Å². The number of pyridine rings is 1. The SMILES string of the molecule is CCC(C)NC(=O)CSc1ccccn1. The maximum atomic E-state index is 11.4. The first-order valence-corrected chi connectivity index (χ1v) is 6.04. The predicted octanol–water partition coefficient (Wildman–Crippen LogP) is 2.09. The summed E-state index contributed by atoms with van der Waals surface area (Å²) in [6, 6.07) is 5.94. The summed E-state index contributed by atoms with van der Waals surface area (Å²) in [5.74, 6) is 0.501. The van der Waals surface area contributed by atoms with E-state index in [0.717, 1.165) is 11.4 Å². The van der Waals surface area contributed by atoms with E-state index in [1.807, 2.05) is 25.1 Å². The molecule has 0 bridgehead atoms. The van der Waals surface area contributed by atoms with Gasteiger partial charge < -0.3 is 5.32 Å². The van der Waals surface area contributed by atoms with Crippen LogP contribution in [0.2, 0.25) is 0 Å². The van der Waals surface area contributed by atoms with E-state index in [-0.39, 0.29) is 11.9 Å². The van der Waals surface area contributed by atoms with Crippen LogP contribution >= 0.6 is 11.8 Å². The quantitative estimate of drug-likeness (QED) is 0.779. The Morgan fingerprint density at radius 1 is 1.60 bits per heavy atom. The van der Waals surface area contributed by atoms with Gasteiger partial charge in [0.25, 0.3) is 0 Å². The number of carbonyl (C=O) groups excluding carboxylic acids is 1. The molecule has 0 saturated carbocycles. The van der Waals surface area contributed by atoms with Gasteiger partial charge in [0.05, 0.1) is 10.8 Å². The van der Waals surface area contributed by atoms with E-state index in [1.165, 1.54) is 11.8 Å². The zero-order chi connectivity index (χ0) is 11.1. The van der Waals surface area contributed by atoms with Crippen LogP contribution in [0.3, 0.4) is 0 Å². The van der Waals surface area contributed by atoms with Gasteiger partial charge in [0.2, 0.25) is 5.91 Å². The van der Waals surface area contributed by atoms with Crippen LogP contribution < -0.4 is 5.32 Å². The molecule has 15 heavy (non-hydrogen) atoms. The first kappa shape index (κ1) is 12.0. The second-order valence-corrected chi connectivity index (χ2v) is 4.33. The Morgan fingerprint density at radius 3 is 3.00 bits per heavy atom. The Morgan fingerprint density at radius 2 is 2.40 bits per heavy atom. The summed E-state index contributed by atoms with van der Waals surface area (Å²) < 4.78 is 0. The van der Waals surface area contributed by atoms with Crippen molar-refractivity contribution in [1.29, 1.82) is 0 Å². The van der Waals surface area contributed by atoms with E-state index in [2.05, 4.69) is 17.2 Å². The number of nitrogens with one attached hydrogen (secondary N) is 1. The molecule has 1 unspecified atom stereocenters. The molecule has 1 atom stereocenters. The van der Waals surface area contributed by atoms with Crippen LogP contribution in [0.1, 0.15) is 20.3 Å². The van der Waals surface area contributed by atoms with Crippen LogP contribution in [-0.2, 0) is 4.79 Å². The van der Waals surface area contributed by atoms with Crippen molar-refractivity contribution in [3.05, 3.63) is 24.4 Å². The van der Waals surface area contributed by atoms with Gasteiger partial charge in [0.1, 0.15) is 0 Å². The Kier molecular flexibility index (Phi) is 5.18. The molecular weight excluding hydrogens is 208 g/mol. The summed E-state index contributed by atoms with van der Waals surface area (Å²) in [7, 11) is 0. The zero-order valence-corrected chi connectivity index (χ0v) is 9.88. The van der Waals surface area contributed by atoms with E-state index in [0.29, 0.717) is 5.75 Å². The molecule has 1 rings (SSSR count). The van der Waals surface area contributed by atoms with Crippen molar-refractivity contribution in [2.24, 2.45) is 0 Å². The molecule has 0 aliphatic rings. The fourth-order valence-electron chi connectivity index (χ4n) is 0.991. The summed E-state index contributed by atoms with van der Waals surface area (Å²) in [6.45, 7) is 4.06. The minimum absolute atomic E-state index is 0.0694. The van der Waals surface area contributed by atoms with E-state index in [9.17, 15) is 4.79 Å². The Hall–Kier alpha value is -1.03. The summed E-state index contributed by atoms with van der Waals surface area (Å²) in [6.07, 6.45) is 2.69. The summed E-state index contributed by atoms with van der Waals surface area (Å²) in [5.41, 5.74) is 0. The summed E-state index contributed by atoms with van der Waals surface area (Å²) >= 11 is 1.46. The summed E-state index contributed by atoms with van der Waals surface area (Å²) in [4.78, 5) is 15.6. The highest BCUT2D eigenvalue weighted by molar-refractivity contribution is 7.99. The molecule has 0 aliphatic heterocycles. The molecule has 0 spiro atoms. The average Bonchev–Trinajstić information content (AvgIpc) is 2.27. The van der Waals surface area contributed by atoms with Gasteiger partial charge in [-0.15, -0.1) is 0 Å². The van der Waals surface area contributed by atoms with Crippen LogP contribution in [0.5, 0.6) is 0 Å². The van der Waals surface area contributed by atoms with Gasteiger partial charge in [-0.25, -0.2) is 4.98 Å². The molecule has 4 heteroatoms. The van der Waals surface area contributed by atoms with Crippen molar-refractivity contribution in [2.45, 2.75) is 31.3 Å². The largest absolute Gasteiger partial charge is 0.353 e. The number of aromatic nitrogens is 1. The van der Waals surface area contributed by atoms with Crippen LogP contribution in [0, 0.1) is 0 Å². The second-order valence-electron chi connectivity index (χ2n) is 3.33. The standard InChI is InChI=1S/C11H16N2OS/c1-3-9(2)13-10(14)8-15-11-6-4-5-7-12-11/h4-7,9H,3,8H2,1-2H3,(H,13,14). The van der Waals surface area contributed by atoms with Gasteiger partial charge in [-0.1, -0.05) is 24.8 Å². The number of hydrogen-bond acceptors (Lipinski definition) is 3. The molecule has 0 aromatic carbocycles. The lowest BCUT2D eigenvalue weighted by Crippen LogP contribution is -2.33. The lowest BCUT2D eigenvalue weighted by Gasteiger charge is -2.10. The lowest BCUT2D eigenvalue weighted by molar-refractivity contribution is -0.119. The van der Waals surface area contributed by atoms with E-state index >= 15 is 0 Å². The number of amides is 1.